The molecule has 0 radical (unpaired) electrons. The summed E-state index contributed by atoms with van der Waals surface area (Å²) in [5.41, 5.74) is 6.35. The average Bonchev–Trinajstić information content (AvgIpc) is 2.93. The van der Waals surface area contributed by atoms with Gasteiger partial charge in [0.15, 0.2) is 0 Å². The van der Waals surface area contributed by atoms with Gasteiger partial charge in [0, 0.05) is 18.2 Å². The van der Waals surface area contributed by atoms with E-state index >= 15 is 0 Å². The molecule has 0 atom stereocenters. The Bertz CT molecular complexity index is 350. The van der Waals surface area contributed by atoms with Gasteiger partial charge in [-0.3, -0.25) is 0 Å². The molecule has 1 aromatic carbocycles. The van der Waals surface area contributed by atoms with Crippen LogP contribution in [0.25, 0.3) is 0 Å². The molecule has 1 saturated carbocycles. The highest BCUT2D eigenvalue weighted by Crippen LogP contribution is 2.31. The van der Waals surface area contributed by atoms with Crippen LogP contribution in [-0.2, 0) is 0 Å². The maximum atomic E-state index is 13.4. The SMILES string of the molecule is COc1cc(NC2CC2)c(F)cc1N. The number of anilines is 2. The Hall–Kier alpha value is -1.45. The molecule has 0 aliphatic heterocycles. The number of methoxy groups -OCH3 is 1. The van der Waals surface area contributed by atoms with E-state index < -0.39 is 0 Å². The average molecular weight is 196 g/mol. The smallest absolute Gasteiger partial charge is 0.148 e. The van der Waals surface area contributed by atoms with Crippen molar-refractivity contribution in [1.82, 2.24) is 0 Å². The van der Waals surface area contributed by atoms with E-state index in [0.29, 0.717) is 23.2 Å². The van der Waals surface area contributed by atoms with E-state index in [1.807, 2.05) is 0 Å². The van der Waals surface area contributed by atoms with Crippen LogP contribution >= 0.6 is 0 Å². The molecule has 1 aliphatic carbocycles. The maximum absolute atomic E-state index is 13.4. The molecule has 2 rings (SSSR count). The Labute approximate surface area is 82.1 Å². The van der Waals surface area contributed by atoms with Crippen molar-refractivity contribution in [3.63, 3.8) is 0 Å². The molecular weight excluding hydrogens is 183 g/mol. The van der Waals surface area contributed by atoms with Gasteiger partial charge in [-0.25, -0.2) is 4.39 Å². The van der Waals surface area contributed by atoms with Gasteiger partial charge in [0.05, 0.1) is 18.5 Å². The molecule has 0 unspecified atom stereocenters. The monoisotopic (exact) mass is 196 g/mol. The highest BCUT2D eigenvalue weighted by Gasteiger charge is 2.22. The standard InChI is InChI=1S/C10H13FN2O/c1-14-10-5-9(13-6-2-3-6)7(11)4-8(10)12/h4-6,13H,2-3,12H2,1H3. The summed E-state index contributed by atoms with van der Waals surface area (Å²) >= 11 is 0. The molecule has 14 heavy (non-hydrogen) atoms. The fourth-order valence-electron chi connectivity index (χ4n) is 1.30. The third-order valence-corrected chi connectivity index (χ3v) is 2.26. The number of nitrogens with two attached hydrogens (primary N) is 1. The van der Waals surface area contributed by atoms with Crippen molar-refractivity contribution in [2.45, 2.75) is 18.9 Å². The highest BCUT2D eigenvalue weighted by molar-refractivity contribution is 5.62. The fraction of sp³-hybridized carbons (Fsp3) is 0.400. The number of nitrogens with one attached hydrogen (secondary N) is 1. The number of halogens is 1. The van der Waals surface area contributed by atoms with E-state index in [1.54, 1.807) is 6.07 Å². The Balaban J connectivity index is 2.27. The van der Waals surface area contributed by atoms with Crippen LogP contribution in [0.4, 0.5) is 15.8 Å². The topological polar surface area (TPSA) is 47.3 Å². The Morgan fingerprint density at radius 3 is 2.79 bits per heavy atom. The number of hydrogen-bond acceptors (Lipinski definition) is 3. The third kappa shape index (κ3) is 1.73. The zero-order valence-electron chi connectivity index (χ0n) is 8.01. The number of ether oxygens (including phenoxy) is 1. The van der Waals surface area contributed by atoms with Gasteiger partial charge < -0.3 is 15.8 Å². The third-order valence-electron chi connectivity index (χ3n) is 2.26. The minimum absolute atomic E-state index is 0.324. The van der Waals surface area contributed by atoms with E-state index in [2.05, 4.69) is 5.32 Å². The molecule has 3 N–H and O–H groups in total. The zero-order valence-corrected chi connectivity index (χ0v) is 8.01. The Kier molecular flexibility index (Phi) is 2.19. The van der Waals surface area contributed by atoms with Crippen molar-refractivity contribution >= 4 is 11.4 Å². The minimum atomic E-state index is -0.324. The molecule has 76 valence electrons. The predicted octanol–water partition coefficient (Wildman–Crippen LogP) is 1.99. The quantitative estimate of drug-likeness (QED) is 0.727. The number of rotatable bonds is 3. The van der Waals surface area contributed by atoms with Gasteiger partial charge >= 0.3 is 0 Å². The van der Waals surface area contributed by atoms with Crippen LogP contribution < -0.4 is 15.8 Å². The van der Waals surface area contributed by atoms with Crippen LogP contribution in [-0.4, -0.2) is 13.2 Å². The van der Waals surface area contributed by atoms with Gasteiger partial charge in [-0.15, -0.1) is 0 Å². The normalized spacial score (nSPS) is 15.3. The van der Waals surface area contributed by atoms with Gasteiger partial charge in [-0.1, -0.05) is 0 Å². The first-order valence-corrected chi connectivity index (χ1v) is 4.60. The van der Waals surface area contributed by atoms with Crippen molar-refractivity contribution in [3.8, 4) is 5.75 Å². The van der Waals surface area contributed by atoms with Crippen LogP contribution in [0.3, 0.4) is 0 Å². The van der Waals surface area contributed by atoms with Gasteiger partial charge in [-0.05, 0) is 12.8 Å². The lowest BCUT2D eigenvalue weighted by Gasteiger charge is -2.10. The number of hydrogen-bond donors (Lipinski definition) is 2. The molecule has 0 aromatic heterocycles. The van der Waals surface area contributed by atoms with Gasteiger partial charge in [0.2, 0.25) is 0 Å². The van der Waals surface area contributed by atoms with Crippen LogP contribution in [0.2, 0.25) is 0 Å². The molecule has 0 bridgehead atoms. The summed E-state index contributed by atoms with van der Waals surface area (Å²) in [6.07, 6.45) is 2.21. The minimum Gasteiger partial charge on any atom is -0.495 e. The summed E-state index contributed by atoms with van der Waals surface area (Å²) in [6, 6.07) is 3.30. The molecule has 0 amide bonds. The van der Waals surface area contributed by atoms with Crippen LogP contribution in [0.15, 0.2) is 12.1 Å². The first kappa shape index (κ1) is 9.12. The van der Waals surface area contributed by atoms with Crippen LogP contribution in [0, 0.1) is 5.82 Å². The molecule has 1 aromatic rings. The van der Waals surface area contributed by atoms with E-state index in [0.717, 1.165) is 12.8 Å². The molecule has 0 saturated heterocycles. The van der Waals surface area contributed by atoms with E-state index in [9.17, 15) is 4.39 Å². The summed E-state index contributed by atoms with van der Waals surface area (Å²) < 4.78 is 18.4. The van der Waals surface area contributed by atoms with Crippen molar-refractivity contribution in [2.24, 2.45) is 0 Å². The lowest BCUT2D eigenvalue weighted by atomic mass is 10.2. The van der Waals surface area contributed by atoms with E-state index in [1.165, 1.54) is 13.2 Å². The van der Waals surface area contributed by atoms with Gasteiger partial charge in [0.25, 0.3) is 0 Å². The summed E-state index contributed by atoms with van der Waals surface area (Å²) in [6.45, 7) is 0. The zero-order chi connectivity index (χ0) is 10.1. The maximum Gasteiger partial charge on any atom is 0.148 e. The number of nitrogen functional groups attached to an aromatic ring is 1. The summed E-state index contributed by atoms with van der Waals surface area (Å²) in [7, 11) is 1.52. The van der Waals surface area contributed by atoms with Crippen LogP contribution in [0.5, 0.6) is 5.75 Å². The van der Waals surface area contributed by atoms with Crippen molar-refractivity contribution in [1.29, 1.82) is 0 Å². The summed E-state index contributed by atoms with van der Waals surface area (Å²) in [5.74, 6) is 0.185. The summed E-state index contributed by atoms with van der Waals surface area (Å²) in [5, 5.41) is 3.08. The fourth-order valence-corrected chi connectivity index (χ4v) is 1.30. The molecule has 1 aliphatic rings. The first-order valence-electron chi connectivity index (χ1n) is 4.60. The second kappa shape index (κ2) is 3.36. The van der Waals surface area contributed by atoms with Crippen molar-refractivity contribution in [3.05, 3.63) is 17.9 Å². The Morgan fingerprint density at radius 1 is 1.50 bits per heavy atom. The second-order valence-corrected chi connectivity index (χ2v) is 3.49. The lowest BCUT2D eigenvalue weighted by Crippen LogP contribution is -2.04. The van der Waals surface area contributed by atoms with Gasteiger partial charge in [0.1, 0.15) is 11.6 Å². The van der Waals surface area contributed by atoms with Crippen molar-refractivity contribution in [2.75, 3.05) is 18.2 Å². The molecular formula is C10H13FN2O. The second-order valence-electron chi connectivity index (χ2n) is 3.49. The highest BCUT2D eigenvalue weighted by atomic mass is 19.1. The van der Waals surface area contributed by atoms with E-state index in [4.69, 9.17) is 10.5 Å². The first-order chi connectivity index (χ1) is 6.70. The molecule has 0 heterocycles. The Morgan fingerprint density at radius 2 is 2.21 bits per heavy atom. The van der Waals surface area contributed by atoms with E-state index in [-0.39, 0.29) is 5.82 Å². The summed E-state index contributed by atoms with van der Waals surface area (Å²) in [4.78, 5) is 0. The molecule has 3 nitrogen and oxygen atoms in total. The molecule has 4 heteroatoms. The predicted molar refractivity (Wildman–Crippen MR) is 54.0 cm³/mol. The molecule has 0 spiro atoms. The van der Waals surface area contributed by atoms with Crippen molar-refractivity contribution < 1.29 is 9.13 Å². The lowest BCUT2D eigenvalue weighted by molar-refractivity contribution is 0.416. The molecule has 1 fully saturated rings. The van der Waals surface area contributed by atoms with Crippen LogP contribution in [0.1, 0.15) is 12.8 Å². The largest absolute Gasteiger partial charge is 0.495 e. The van der Waals surface area contributed by atoms with Gasteiger partial charge in [-0.2, -0.15) is 0 Å². The number of benzene rings is 1.